The Labute approximate surface area is 189 Å². The summed E-state index contributed by atoms with van der Waals surface area (Å²) in [5.74, 6) is 0.327. The van der Waals surface area contributed by atoms with Gasteiger partial charge in [-0.15, -0.1) is 0 Å². The van der Waals surface area contributed by atoms with Gasteiger partial charge in [0.1, 0.15) is 5.75 Å². The smallest absolute Gasteiger partial charge is 0.257 e. The molecule has 31 heavy (non-hydrogen) atoms. The minimum atomic E-state index is -0.330. The Hall–Kier alpha value is -2.93. The molecule has 0 unspecified atom stereocenters. The van der Waals surface area contributed by atoms with Gasteiger partial charge in [-0.3, -0.25) is 14.9 Å². The number of para-hydroxylation sites is 1. The van der Waals surface area contributed by atoms with Crippen LogP contribution in [0.3, 0.4) is 0 Å². The van der Waals surface area contributed by atoms with Gasteiger partial charge >= 0.3 is 0 Å². The lowest BCUT2D eigenvalue weighted by atomic mass is 9.94. The second kappa shape index (κ2) is 10.9. The molecule has 1 fully saturated rings. The summed E-state index contributed by atoms with van der Waals surface area (Å²) in [6.45, 7) is 2.47. The Kier molecular flexibility index (Phi) is 8.00. The summed E-state index contributed by atoms with van der Waals surface area (Å²) >= 11 is 5.32. The Balaban J connectivity index is 1.64. The Morgan fingerprint density at radius 1 is 1.06 bits per heavy atom. The Morgan fingerprint density at radius 2 is 1.74 bits per heavy atom. The first-order valence-electron chi connectivity index (χ1n) is 10.7. The molecule has 0 heterocycles. The van der Waals surface area contributed by atoms with Crippen LogP contribution in [0.4, 0.5) is 5.69 Å². The second-order valence-corrected chi connectivity index (χ2v) is 8.03. The van der Waals surface area contributed by atoms with E-state index in [9.17, 15) is 9.59 Å². The number of carbonyl (C=O) groups excluding carboxylic acids is 2. The molecule has 2 aromatic carbocycles. The van der Waals surface area contributed by atoms with E-state index in [1.165, 1.54) is 6.42 Å². The zero-order valence-electron chi connectivity index (χ0n) is 18.0. The number of hydrogen-bond donors (Lipinski definition) is 2. The highest BCUT2D eigenvalue weighted by Gasteiger charge is 2.24. The molecule has 1 aliphatic rings. The van der Waals surface area contributed by atoms with E-state index in [0.29, 0.717) is 29.2 Å². The third kappa shape index (κ3) is 6.04. The fourth-order valence-electron chi connectivity index (χ4n) is 3.80. The number of nitrogens with zero attached hydrogens (tertiary/aromatic N) is 1. The molecule has 7 heteroatoms. The molecule has 0 aromatic heterocycles. The molecule has 2 aromatic rings. The highest BCUT2D eigenvalue weighted by atomic mass is 32.1. The van der Waals surface area contributed by atoms with Crippen LogP contribution in [0.5, 0.6) is 5.75 Å². The van der Waals surface area contributed by atoms with Crippen LogP contribution in [0, 0.1) is 0 Å². The predicted molar refractivity (Wildman–Crippen MR) is 127 cm³/mol. The van der Waals surface area contributed by atoms with Crippen molar-refractivity contribution < 1.29 is 14.3 Å². The number of ether oxygens (including phenoxy) is 1. The molecular formula is C24H29N3O3S. The summed E-state index contributed by atoms with van der Waals surface area (Å²) in [6, 6.07) is 14.3. The zero-order valence-corrected chi connectivity index (χ0v) is 18.8. The number of hydrogen-bond acceptors (Lipinski definition) is 4. The molecule has 0 atom stereocenters. The summed E-state index contributed by atoms with van der Waals surface area (Å²) in [7, 11) is 1.86. The van der Waals surface area contributed by atoms with Gasteiger partial charge in [-0.1, -0.05) is 31.4 Å². The molecule has 0 spiro atoms. The Bertz CT molecular complexity index is 924. The van der Waals surface area contributed by atoms with E-state index in [0.717, 1.165) is 25.7 Å². The summed E-state index contributed by atoms with van der Waals surface area (Å²) in [5, 5.41) is 5.82. The summed E-state index contributed by atoms with van der Waals surface area (Å²) < 4.78 is 5.39. The third-order valence-electron chi connectivity index (χ3n) is 5.50. The number of amides is 2. The van der Waals surface area contributed by atoms with E-state index in [1.54, 1.807) is 36.4 Å². The molecule has 164 valence electrons. The van der Waals surface area contributed by atoms with E-state index in [2.05, 4.69) is 10.6 Å². The lowest BCUT2D eigenvalue weighted by molar-refractivity contribution is 0.0697. The molecule has 3 rings (SSSR count). The average Bonchev–Trinajstić information content (AvgIpc) is 2.79. The predicted octanol–water partition coefficient (Wildman–Crippen LogP) is 4.62. The van der Waals surface area contributed by atoms with Crippen LogP contribution in [0.25, 0.3) is 0 Å². The molecule has 2 amide bonds. The van der Waals surface area contributed by atoms with Crippen molar-refractivity contribution >= 4 is 34.8 Å². The van der Waals surface area contributed by atoms with Crippen molar-refractivity contribution in [1.29, 1.82) is 0 Å². The van der Waals surface area contributed by atoms with Crippen molar-refractivity contribution in [3.63, 3.8) is 0 Å². The third-order valence-corrected chi connectivity index (χ3v) is 5.71. The fourth-order valence-corrected chi connectivity index (χ4v) is 4.00. The van der Waals surface area contributed by atoms with Gasteiger partial charge in [-0.25, -0.2) is 0 Å². The van der Waals surface area contributed by atoms with Gasteiger partial charge < -0.3 is 15.0 Å². The monoisotopic (exact) mass is 439 g/mol. The van der Waals surface area contributed by atoms with Crippen molar-refractivity contribution in [2.24, 2.45) is 0 Å². The lowest BCUT2D eigenvalue weighted by Crippen LogP contribution is -2.39. The first kappa shape index (κ1) is 22.7. The van der Waals surface area contributed by atoms with Crippen molar-refractivity contribution in [2.45, 2.75) is 45.1 Å². The van der Waals surface area contributed by atoms with E-state index in [4.69, 9.17) is 17.0 Å². The molecule has 6 nitrogen and oxygen atoms in total. The largest absolute Gasteiger partial charge is 0.494 e. The van der Waals surface area contributed by atoms with Crippen LogP contribution in [0.1, 0.15) is 59.7 Å². The highest BCUT2D eigenvalue weighted by molar-refractivity contribution is 7.80. The molecule has 0 bridgehead atoms. The van der Waals surface area contributed by atoms with E-state index < -0.39 is 0 Å². The highest BCUT2D eigenvalue weighted by Crippen LogP contribution is 2.25. The van der Waals surface area contributed by atoms with Gasteiger partial charge in [0, 0.05) is 18.7 Å². The number of thiocarbonyl (C=S) groups is 1. The van der Waals surface area contributed by atoms with Crippen LogP contribution in [0.2, 0.25) is 0 Å². The standard InChI is InChI=1S/C24H29N3O3S/c1-3-30-19-15-13-17(14-16-19)22(28)26-24(31)25-21-12-8-7-11-20(21)23(29)27(2)18-9-5-4-6-10-18/h7-8,11-16,18H,3-6,9-10H2,1-2H3,(H2,25,26,28,31). The van der Waals surface area contributed by atoms with Crippen molar-refractivity contribution in [3.05, 3.63) is 59.7 Å². The van der Waals surface area contributed by atoms with Gasteiger partial charge in [0.15, 0.2) is 5.11 Å². The van der Waals surface area contributed by atoms with Crippen LogP contribution < -0.4 is 15.4 Å². The van der Waals surface area contributed by atoms with Crippen LogP contribution in [-0.4, -0.2) is 41.5 Å². The minimum absolute atomic E-state index is 0.0457. The quantitative estimate of drug-likeness (QED) is 0.643. The van der Waals surface area contributed by atoms with Crippen LogP contribution in [0.15, 0.2) is 48.5 Å². The number of anilines is 1. The molecule has 0 radical (unpaired) electrons. The molecule has 2 N–H and O–H groups in total. The normalized spacial score (nSPS) is 13.9. The molecular weight excluding hydrogens is 410 g/mol. The molecule has 1 aliphatic carbocycles. The van der Waals surface area contributed by atoms with Crippen molar-refractivity contribution in [1.82, 2.24) is 10.2 Å². The van der Waals surface area contributed by atoms with Gasteiger partial charge in [0.25, 0.3) is 11.8 Å². The summed E-state index contributed by atoms with van der Waals surface area (Å²) in [5.41, 5.74) is 1.58. The van der Waals surface area contributed by atoms with Crippen molar-refractivity contribution in [2.75, 3.05) is 19.0 Å². The number of carbonyl (C=O) groups is 2. The van der Waals surface area contributed by atoms with Gasteiger partial charge in [0.2, 0.25) is 0 Å². The first-order valence-corrected chi connectivity index (χ1v) is 11.1. The maximum Gasteiger partial charge on any atom is 0.257 e. The van der Waals surface area contributed by atoms with Crippen LogP contribution >= 0.6 is 12.2 Å². The molecule has 1 saturated carbocycles. The second-order valence-electron chi connectivity index (χ2n) is 7.62. The molecule has 0 aliphatic heterocycles. The SMILES string of the molecule is CCOc1ccc(C(=O)NC(=S)Nc2ccccc2C(=O)N(C)C2CCCCC2)cc1. The minimum Gasteiger partial charge on any atom is -0.494 e. The number of rotatable bonds is 6. The summed E-state index contributed by atoms with van der Waals surface area (Å²) in [6.07, 6.45) is 5.62. The topological polar surface area (TPSA) is 70.7 Å². The Morgan fingerprint density at radius 3 is 2.42 bits per heavy atom. The zero-order chi connectivity index (χ0) is 22.2. The molecule has 0 saturated heterocycles. The fraction of sp³-hybridized carbons (Fsp3) is 0.375. The maximum atomic E-state index is 13.1. The lowest BCUT2D eigenvalue weighted by Gasteiger charge is -2.31. The van der Waals surface area contributed by atoms with Gasteiger partial charge in [-0.2, -0.15) is 0 Å². The number of nitrogens with one attached hydrogen (secondary N) is 2. The van der Waals surface area contributed by atoms with E-state index >= 15 is 0 Å². The maximum absolute atomic E-state index is 13.1. The number of benzene rings is 2. The van der Waals surface area contributed by atoms with Gasteiger partial charge in [-0.05, 0) is 68.4 Å². The average molecular weight is 440 g/mol. The van der Waals surface area contributed by atoms with Crippen molar-refractivity contribution in [3.8, 4) is 5.75 Å². The van der Waals surface area contributed by atoms with E-state index in [-0.39, 0.29) is 23.0 Å². The summed E-state index contributed by atoms with van der Waals surface area (Å²) in [4.78, 5) is 27.4. The van der Waals surface area contributed by atoms with Gasteiger partial charge in [0.05, 0.1) is 17.9 Å². The van der Waals surface area contributed by atoms with Crippen LogP contribution in [-0.2, 0) is 0 Å². The van der Waals surface area contributed by atoms with E-state index in [1.807, 2.05) is 31.0 Å². The first-order chi connectivity index (χ1) is 15.0.